The van der Waals surface area contributed by atoms with Crippen molar-refractivity contribution < 1.29 is 0 Å². The highest BCUT2D eigenvalue weighted by molar-refractivity contribution is 5.65. The van der Waals surface area contributed by atoms with Gasteiger partial charge in [0, 0.05) is 32.5 Å². The molecule has 0 spiro atoms. The van der Waals surface area contributed by atoms with Gasteiger partial charge in [-0.15, -0.1) is 0 Å². The Kier molecular flexibility index (Phi) is 3.50. The van der Waals surface area contributed by atoms with Crippen molar-refractivity contribution in [2.75, 3.05) is 43.9 Å². The molecular weight excluding hydrogens is 240 g/mol. The Labute approximate surface area is 112 Å². The van der Waals surface area contributed by atoms with Gasteiger partial charge >= 0.3 is 0 Å². The van der Waals surface area contributed by atoms with Crippen LogP contribution in [0.15, 0.2) is 18.6 Å². The second-order valence-corrected chi connectivity index (χ2v) is 4.86. The fraction of sp³-hybridized carbons (Fsp3) is 0.538. The number of hydrogen-bond acceptors (Lipinski definition) is 5. The molecule has 3 rings (SSSR count). The Hall–Kier alpha value is -1.82. The van der Waals surface area contributed by atoms with Crippen molar-refractivity contribution in [2.45, 2.75) is 12.8 Å². The molecule has 0 amide bonds. The molecule has 102 valence electrons. The summed E-state index contributed by atoms with van der Waals surface area (Å²) in [6, 6.07) is 0. The van der Waals surface area contributed by atoms with Gasteiger partial charge in [0.05, 0.1) is 6.20 Å². The Morgan fingerprint density at radius 2 is 2.16 bits per heavy atom. The van der Waals surface area contributed by atoms with Crippen LogP contribution in [0.5, 0.6) is 0 Å². The number of anilines is 2. The first-order valence-electron chi connectivity index (χ1n) is 6.84. The highest BCUT2D eigenvalue weighted by Gasteiger charge is 2.11. The number of hydrogen-bond donors (Lipinski definition) is 2. The van der Waals surface area contributed by atoms with E-state index in [9.17, 15) is 0 Å². The summed E-state index contributed by atoms with van der Waals surface area (Å²) < 4.78 is 1.98. The number of fused-ring (bicyclic) bond motifs is 1. The molecule has 1 aliphatic heterocycles. The second-order valence-electron chi connectivity index (χ2n) is 4.86. The molecular formula is C13H20N6. The van der Waals surface area contributed by atoms with Gasteiger partial charge in [-0.2, -0.15) is 0 Å². The fourth-order valence-electron chi connectivity index (χ4n) is 2.51. The molecule has 6 nitrogen and oxygen atoms in total. The van der Waals surface area contributed by atoms with E-state index in [2.05, 4.69) is 25.5 Å². The lowest BCUT2D eigenvalue weighted by Crippen LogP contribution is -2.26. The molecule has 0 aliphatic carbocycles. The average Bonchev–Trinajstić information content (AvgIpc) is 3.08. The Morgan fingerprint density at radius 3 is 2.95 bits per heavy atom. The maximum Gasteiger partial charge on any atom is 0.180 e. The van der Waals surface area contributed by atoms with Gasteiger partial charge in [0.2, 0.25) is 0 Å². The smallest absolute Gasteiger partial charge is 0.180 e. The molecule has 0 aromatic carbocycles. The van der Waals surface area contributed by atoms with E-state index >= 15 is 0 Å². The van der Waals surface area contributed by atoms with Crippen molar-refractivity contribution >= 4 is 17.3 Å². The van der Waals surface area contributed by atoms with E-state index in [0.717, 1.165) is 30.4 Å². The van der Waals surface area contributed by atoms with Gasteiger partial charge in [-0.25, -0.2) is 9.97 Å². The Morgan fingerprint density at radius 1 is 1.32 bits per heavy atom. The van der Waals surface area contributed by atoms with Crippen LogP contribution >= 0.6 is 0 Å². The topological polar surface area (TPSA) is 57.5 Å². The summed E-state index contributed by atoms with van der Waals surface area (Å²) in [5.41, 5.74) is 0.875. The van der Waals surface area contributed by atoms with Crippen LogP contribution in [0.25, 0.3) is 5.65 Å². The zero-order chi connectivity index (χ0) is 13.1. The molecule has 0 saturated carbocycles. The lowest BCUT2D eigenvalue weighted by Gasteiger charge is -2.15. The number of nitrogens with zero attached hydrogens (tertiary/aromatic N) is 4. The van der Waals surface area contributed by atoms with E-state index in [-0.39, 0.29) is 0 Å². The summed E-state index contributed by atoms with van der Waals surface area (Å²) in [4.78, 5) is 11.4. The molecule has 0 bridgehead atoms. The van der Waals surface area contributed by atoms with E-state index < -0.39 is 0 Å². The molecule has 0 atom stereocenters. The number of rotatable bonds is 5. The maximum absolute atomic E-state index is 4.53. The van der Waals surface area contributed by atoms with Gasteiger partial charge in [-0.1, -0.05) is 0 Å². The standard InChI is InChI=1S/C13H20N6/c1-14-11-10-19-9-5-16-13(19)12(17-11)15-4-8-18-6-2-3-7-18/h5,9-10,14H,2-4,6-8H2,1H3,(H,15,17). The van der Waals surface area contributed by atoms with Gasteiger partial charge in [0.1, 0.15) is 5.82 Å². The zero-order valence-electron chi connectivity index (χ0n) is 11.3. The van der Waals surface area contributed by atoms with Crippen molar-refractivity contribution in [1.82, 2.24) is 19.3 Å². The number of aromatic nitrogens is 3. The van der Waals surface area contributed by atoms with Crippen LogP contribution in [0.1, 0.15) is 12.8 Å². The predicted octanol–water partition coefficient (Wildman–Crippen LogP) is 1.28. The molecule has 0 unspecified atom stereocenters. The van der Waals surface area contributed by atoms with Gasteiger partial charge in [-0.3, -0.25) is 0 Å². The van der Waals surface area contributed by atoms with Crippen LogP contribution in [-0.2, 0) is 0 Å². The third kappa shape index (κ3) is 2.63. The van der Waals surface area contributed by atoms with Crippen LogP contribution < -0.4 is 10.6 Å². The SMILES string of the molecule is CNc1cn2ccnc2c(NCCN2CCCC2)n1. The summed E-state index contributed by atoms with van der Waals surface area (Å²) >= 11 is 0. The first-order valence-corrected chi connectivity index (χ1v) is 6.84. The third-order valence-corrected chi connectivity index (χ3v) is 3.55. The summed E-state index contributed by atoms with van der Waals surface area (Å²) in [5.74, 6) is 1.69. The molecule has 3 heterocycles. The minimum atomic E-state index is 0.842. The fourth-order valence-corrected chi connectivity index (χ4v) is 2.51. The zero-order valence-corrected chi connectivity index (χ0v) is 11.3. The van der Waals surface area contributed by atoms with E-state index in [1.54, 1.807) is 6.20 Å². The van der Waals surface area contributed by atoms with Crippen LogP contribution in [0.4, 0.5) is 11.6 Å². The number of nitrogens with one attached hydrogen (secondary N) is 2. The van der Waals surface area contributed by atoms with Crippen LogP contribution in [0.3, 0.4) is 0 Å². The Balaban J connectivity index is 1.70. The van der Waals surface area contributed by atoms with E-state index in [1.807, 2.05) is 23.8 Å². The number of likely N-dealkylation sites (tertiary alicyclic amines) is 1. The molecule has 1 aliphatic rings. The molecule has 19 heavy (non-hydrogen) atoms. The van der Waals surface area contributed by atoms with Crippen molar-refractivity contribution in [3.8, 4) is 0 Å². The quantitative estimate of drug-likeness (QED) is 0.848. The minimum Gasteiger partial charge on any atom is -0.372 e. The van der Waals surface area contributed by atoms with Crippen LogP contribution in [-0.4, -0.2) is 52.5 Å². The molecule has 2 N–H and O–H groups in total. The van der Waals surface area contributed by atoms with Gasteiger partial charge < -0.3 is 19.9 Å². The van der Waals surface area contributed by atoms with E-state index in [1.165, 1.54) is 25.9 Å². The summed E-state index contributed by atoms with van der Waals surface area (Å²) in [5, 5.41) is 6.47. The van der Waals surface area contributed by atoms with Crippen molar-refractivity contribution in [1.29, 1.82) is 0 Å². The average molecular weight is 260 g/mol. The summed E-state index contributed by atoms with van der Waals surface area (Å²) in [6.45, 7) is 4.43. The van der Waals surface area contributed by atoms with Gasteiger partial charge in [0.25, 0.3) is 0 Å². The van der Waals surface area contributed by atoms with Crippen LogP contribution in [0, 0.1) is 0 Å². The molecule has 2 aromatic heterocycles. The first-order chi connectivity index (χ1) is 9.36. The molecule has 1 fully saturated rings. The highest BCUT2D eigenvalue weighted by Crippen LogP contribution is 2.16. The molecule has 2 aromatic rings. The predicted molar refractivity (Wildman–Crippen MR) is 76.7 cm³/mol. The van der Waals surface area contributed by atoms with Gasteiger partial charge in [0.15, 0.2) is 11.5 Å². The van der Waals surface area contributed by atoms with Crippen molar-refractivity contribution in [3.63, 3.8) is 0 Å². The lowest BCUT2D eigenvalue weighted by atomic mass is 10.4. The summed E-state index contributed by atoms with van der Waals surface area (Å²) in [7, 11) is 1.87. The summed E-state index contributed by atoms with van der Waals surface area (Å²) in [6.07, 6.45) is 8.33. The third-order valence-electron chi connectivity index (χ3n) is 3.55. The van der Waals surface area contributed by atoms with E-state index in [0.29, 0.717) is 0 Å². The second kappa shape index (κ2) is 5.44. The molecule has 1 saturated heterocycles. The molecule has 0 radical (unpaired) electrons. The van der Waals surface area contributed by atoms with E-state index in [4.69, 9.17) is 0 Å². The minimum absolute atomic E-state index is 0.842. The Bertz CT molecular complexity index is 543. The monoisotopic (exact) mass is 260 g/mol. The lowest BCUT2D eigenvalue weighted by molar-refractivity contribution is 0.352. The highest BCUT2D eigenvalue weighted by atomic mass is 15.2. The van der Waals surface area contributed by atoms with Gasteiger partial charge in [-0.05, 0) is 25.9 Å². The van der Waals surface area contributed by atoms with Crippen molar-refractivity contribution in [3.05, 3.63) is 18.6 Å². The van der Waals surface area contributed by atoms with Crippen molar-refractivity contribution in [2.24, 2.45) is 0 Å². The largest absolute Gasteiger partial charge is 0.372 e. The normalized spacial score (nSPS) is 16.1. The maximum atomic E-state index is 4.53. The first kappa shape index (κ1) is 12.2. The van der Waals surface area contributed by atoms with Crippen LogP contribution in [0.2, 0.25) is 0 Å². The molecule has 6 heteroatoms. The number of imidazole rings is 1.